The fraction of sp³-hybridized carbons (Fsp3) is 0.655. The summed E-state index contributed by atoms with van der Waals surface area (Å²) in [5.74, 6) is -0.703. The molecule has 0 radical (unpaired) electrons. The Morgan fingerprint density at radius 2 is 1.80 bits per heavy atom. The molecule has 4 atom stereocenters. The predicted octanol–water partition coefficient (Wildman–Crippen LogP) is 2.68. The van der Waals surface area contributed by atoms with E-state index in [4.69, 9.17) is 0 Å². The van der Waals surface area contributed by atoms with Crippen LogP contribution >= 0.6 is 0 Å². The van der Waals surface area contributed by atoms with E-state index in [-0.39, 0.29) is 25.0 Å². The summed E-state index contributed by atoms with van der Waals surface area (Å²) in [5, 5.41) is 32.0. The smallest absolute Gasteiger partial charge is 0.248 e. The maximum atomic E-state index is 14.3. The van der Waals surface area contributed by atoms with Crippen LogP contribution in [0.5, 0.6) is 0 Å². The van der Waals surface area contributed by atoms with E-state index in [1.807, 2.05) is 27.0 Å². The van der Waals surface area contributed by atoms with Crippen LogP contribution in [0.2, 0.25) is 0 Å². The van der Waals surface area contributed by atoms with Crippen LogP contribution in [0, 0.1) is 11.2 Å². The maximum absolute atomic E-state index is 14.3. The quantitative estimate of drug-likeness (QED) is 0.479. The zero-order chi connectivity index (χ0) is 28.8. The number of aliphatic hydroxyl groups excluding tert-OH is 2. The average molecular weight is 557 g/mol. The van der Waals surface area contributed by atoms with Crippen molar-refractivity contribution in [3.8, 4) is 0 Å². The van der Waals surface area contributed by atoms with Crippen molar-refractivity contribution in [3.63, 3.8) is 0 Å². The summed E-state index contributed by atoms with van der Waals surface area (Å²) in [6.45, 7) is 8.95. The number of aromatic nitrogens is 3. The molecule has 3 aliphatic rings. The van der Waals surface area contributed by atoms with E-state index >= 15 is 0 Å². The zero-order valence-electron chi connectivity index (χ0n) is 23.8. The van der Waals surface area contributed by atoms with Crippen LogP contribution in [0.1, 0.15) is 89.1 Å². The SMILES string of the molecule is CC(NC(=O)C1CC(O)CN1C(=O)[C@@H](n1cc(C2CC2)nn1)C(C)(C)C)c1cc(F)ccc1N1CCC(O)CC1. The molecule has 3 unspecified atom stereocenters. The third-order valence-corrected chi connectivity index (χ3v) is 8.33. The van der Waals surface area contributed by atoms with Crippen LogP contribution in [0.25, 0.3) is 0 Å². The van der Waals surface area contributed by atoms with Crippen molar-refractivity contribution >= 4 is 17.5 Å². The van der Waals surface area contributed by atoms with Gasteiger partial charge >= 0.3 is 0 Å². The fourth-order valence-electron chi connectivity index (χ4n) is 5.98. The Hall–Kier alpha value is -3.05. The van der Waals surface area contributed by atoms with Gasteiger partial charge < -0.3 is 25.3 Å². The second-order valence-electron chi connectivity index (χ2n) is 12.7. The third-order valence-electron chi connectivity index (χ3n) is 8.33. The maximum Gasteiger partial charge on any atom is 0.248 e. The molecule has 3 heterocycles. The molecule has 1 saturated carbocycles. The number of carbonyl (C=O) groups excluding carboxylic acids is 2. The summed E-state index contributed by atoms with van der Waals surface area (Å²) < 4.78 is 15.9. The first-order valence-electron chi connectivity index (χ1n) is 14.4. The van der Waals surface area contributed by atoms with Gasteiger partial charge in [-0.15, -0.1) is 5.10 Å². The second kappa shape index (κ2) is 11.1. The van der Waals surface area contributed by atoms with E-state index in [9.17, 15) is 24.2 Å². The third kappa shape index (κ3) is 6.00. The molecule has 2 aliphatic heterocycles. The van der Waals surface area contributed by atoms with Crippen molar-refractivity contribution in [2.45, 2.75) is 96.1 Å². The van der Waals surface area contributed by atoms with Crippen molar-refractivity contribution in [1.29, 1.82) is 0 Å². The molecule has 3 N–H and O–H groups in total. The summed E-state index contributed by atoms with van der Waals surface area (Å²) in [5.41, 5.74) is 1.79. The first-order valence-corrected chi connectivity index (χ1v) is 14.4. The highest BCUT2D eigenvalue weighted by atomic mass is 19.1. The molecule has 2 aromatic rings. The Labute approximate surface area is 234 Å². The number of likely N-dealkylation sites (tertiary alicyclic amines) is 1. The summed E-state index contributed by atoms with van der Waals surface area (Å²) >= 11 is 0. The number of hydrogen-bond donors (Lipinski definition) is 3. The van der Waals surface area contributed by atoms with Crippen LogP contribution in [0.15, 0.2) is 24.4 Å². The van der Waals surface area contributed by atoms with Crippen LogP contribution in [-0.4, -0.2) is 79.8 Å². The van der Waals surface area contributed by atoms with Gasteiger partial charge in [0.1, 0.15) is 17.9 Å². The summed E-state index contributed by atoms with van der Waals surface area (Å²) in [6, 6.07) is 2.42. The van der Waals surface area contributed by atoms with Crippen LogP contribution in [0.4, 0.5) is 10.1 Å². The van der Waals surface area contributed by atoms with E-state index in [0.29, 0.717) is 37.4 Å². The van der Waals surface area contributed by atoms with Gasteiger partial charge in [-0.2, -0.15) is 0 Å². The number of anilines is 1. The highest BCUT2D eigenvalue weighted by molar-refractivity contribution is 5.90. The highest BCUT2D eigenvalue weighted by Gasteiger charge is 2.45. The number of piperidine rings is 1. The number of halogens is 1. The number of nitrogens with zero attached hydrogens (tertiary/aromatic N) is 5. The summed E-state index contributed by atoms with van der Waals surface area (Å²) in [7, 11) is 0. The van der Waals surface area contributed by atoms with Crippen molar-refractivity contribution in [3.05, 3.63) is 41.5 Å². The average Bonchev–Trinajstić information content (AvgIpc) is 3.50. The number of nitrogens with one attached hydrogen (secondary N) is 1. The van der Waals surface area contributed by atoms with Crippen molar-refractivity contribution in [1.82, 2.24) is 25.2 Å². The molecular formula is C29H41FN6O4. The van der Waals surface area contributed by atoms with Gasteiger partial charge in [0.15, 0.2) is 0 Å². The molecule has 218 valence electrons. The van der Waals surface area contributed by atoms with E-state index in [0.717, 1.165) is 24.2 Å². The first-order chi connectivity index (χ1) is 18.9. The van der Waals surface area contributed by atoms with Crippen LogP contribution in [-0.2, 0) is 9.59 Å². The van der Waals surface area contributed by atoms with Crippen LogP contribution < -0.4 is 10.2 Å². The Morgan fingerprint density at radius 3 is 2.45 bits per heavy atom. The molecule has 40 heavy (non-hydrogen) atoms. The monoisotopic (exact) mass is 556 g/mol. The molecule has 3 fully saturated rings. The first kappa shape index (κ1) is 28.5. The minimum Gasteiger partial charge on any atom is -0.393 e. The fourth-order valence-corrected chi connectivity index (χ4v) is 5.98. The highest BCUT2D eigenvalue weighted by Crippen LogP contribution is 2.40. The van der Waals surface area contributed by atoms with Crippen molar-refractivity contribution < 1.29 is 24.2 Å². The van der Waals surface area contributed by atoms with Gasteiger partial charge in [0.05, 0.1) is 23.9 Å². The molecule has 0 bridgehead atoms. The van der Waals surface area contributed by atoms with Gasteiger partial charge in [-0.05, 0) is 56.2 Å². The lowest BCUT2D eigenvalue weighted by Gasteiger charge is -2.35. The van der Waals surface area contributed by atoms with Gasteiger partial charge in [-0.3, -0.25) is 9.59 Å². The lowest BCUT2D eigenvalue weighted by molar-refractivity contribution is -0.144. The lowest BCUT2D eigenvalue weighted by atomic mass is 9.85. The van der Waals surface area contributed by atoms with Gasteiger partial charge in [0.25, 0.3) is 0 Å². The van der Waals surface area contributed by atoms with Gasteiger partial charge in [0, 0.05) is 49.4 Å². The topological polar surface area (TPSA) is 124 Å². The van der Waals surface area contributed by atoms with E-state index in [2.05, 4.69) is 20.5 Å². The van der Waals surface area contributed by atoms with E-state index in [1.165, 1.54) is 17.0 Å². The minimum absolute atomic E-state index is 0.0450. The Kier molecular flexibility index (Phi) is 7.89. The number of carbonyl (C=O) groups is 2. The number of amides is 2. The lowest BCUT2D eigenvalue weighted by Crippen LogP contribution is -2.50. The Morgan fingerprint density at radius 1 is 1.10 bits per heavy atom. The van der Waals surface area contributed by atoms with Gasteiger partial charge in [-0.25, -0.2) is 9.07 Å². The molecule has 2 amide bonds. The Bertz CT molecular complexity index is 1230. The second-order valence-corrected chi connectivity index (χ2v) is 12.7. The number of benzene rings is 1. The Balaban J connectivity index is 1.35. The standard InChI is InChI=1S/C29H41FN6O4/c1-17(22-13-19(30)7-8-24(22)34-11-9-20(37)10-12-34)31-27(39)25-14-21(38)15-35(25)28(40)26(29(2,3)4)36-16-23(32-33-36)18-5-6-18/h7-8,13,16-18,20-21,25-26,37-38H,5-6,9-12,14-15H2,1-4H3,(H,31,39)/t17?,21?,25?,26-/m1/s1. The molecule has 0 spiro atoms. The van der Waals surface area contributed by atoms with E-state index in [1.54, 1.807) is 17.7 Å². The van der Waals surface area contributed by atoms with E-state index < -0.39 is 41.4 Å². The number of aliphatic hydroxyl groups is 2. The van der Waals surface area contributed by atoms with Crippen LogP contribution in [0.3, 0.4) is 0 Å². The van der Waals surface area contributed by atoms with Crippen molar-refractivity contribution in [2.24, 2.45) is 5.41 Å². The largest absolute Gasteiger partial charge is 0.393 e. The number of rotatable bonds is 7. The number of hydrogen-bond acceptors (Lipinski definition) is 7. The minimum atomic E-state index is -0.872. The summed E-state index contributed by atoms with van der Waals surface area (Å²) in [4.78, 5) is 31.2. The number of β-amino-alcohol motifs (C(OH)–C–C–N with tert-alkyl or cyclic N) is 1. The molecule has 1 aromatic heterocycles. The molecule has 1 aromatic carbocycles. The molecule has 5 rings (SSSR count). The molecular weight excluding hydrogens is 515 g/mol. The summed E-state index contributed by atoms with van der Waals surface area (Å²) in [6.07, 6.45) is 4.15. The van der Waals surface area contributed by atoms with Crippen molar-refractivity contribution in [2.75, 3.05) is 24.5 Å². The molecule has 11 heteroatoms. The normalized spacial score (nSPS) is 23.8. The van der Waals surface area contributed by atoms with Gasteiger partial charge in [0.2, 0.25) is 11.8 Å². The predicted molar refractivity (Wildman–Crippen MR) is 147 cm³/mol. The molecule has 2 saturated heterocycles. The zero-order valence-corrected chi connectivity index (χ0v) is 23.8. The van der Waals surface area contributed by atoms with Gasteiger partial charge in [-0.1, -0.05) is 26.0 Å². The molecule has 1 aliphatic carbocycles. The molecule has 10 nitrogen and oxygen atoms in total.